The maximum absolute atomic E-state index is 13.1. The molecule has 0 radical (unpaired) electrons. The summed E-state index contributed by atoms with van der Waals surface area (Å²) >= 11 is 0. The van der Waals surface area contributed by atoms with Gasteiger partial charge in [-0.3, -0.25) is 9.59 Å². The van der Waals surface area contributed by atoms with Crippen LogP contribution in [0.1, 0.15) is 69.7 Å². The zero-order valence-electron chi connectivity index (χ0n) is 17.7. The average Bonchev–Trinajstić information content (AvgIpc) is 2.66. The predicted octanol–water partition coefficient (Wildman–Crippen LogP) is 4.83. The average molecular weight is 397 g/mol. The first-order chi connectivity index (χ1) is 13.7. The molecule has 1 atom stereocenters. The molecule has 0 bridgehead atoms. The fourth-order valence-electron chi connectivity index (χ4n) is 4.14. The number of amides is 1. The summed E-state index contributed by atoms with van der Waals surface area (Å²) in [5, 5.41) is 5.07. The van der Waals surface area contributed by atoms with Crippen LogP contribution in [0, 0.1) is 5.92 Å². The molecule has 0 heterocycles. The number of nitrogens with one attached hydrogen (secondary N) is 1. The van der Waals surface area contributed by atoms with Gasteiger partial charge in [0.05, 0.1) is 12.0 Å². The van der Waals surface area contributed by atoms with Crippen molar-refractivity contribution in [3.8, 4) is 0 Å². The summed E-state index contributed by atoms with van der Waals surface area (Å²) in [5.41, 5.74) is 6.53. The first-order valence-electron chi connectivity index (χ1n) is 10.5. The van der Waals surface area contributed by atoms with Crippen LogP contribution in [0.4, 0.5) is 5.69 Å². The lowest BCUT2D eigenvalue weighted by molar-refractivity contribution is -0.155. The van der Waals surface area contributed by atoms with E-state index in [0.29, 0.717) is 11.3 Å². The minimum atomic E-state index is -0.541. The number of nitrogen functional groups attached to an aromatic ring is 1. The zero-order chi connectivity index (χ0) is 21.0. The highest BCUT2D eigenvalue weighted by Crippen LogP contribution is 2.29. The van der Waals surface area contributed by atoms with Gasteiger partial charge in [0.25, 0.3) is 5.91 Å². The van der Waals surface area contributed by atoms with Gasteiger partial charge < -0.3 is 15.8 Å². The molecule has 0 spiro atoms. The number of carbonyl (C=O) groups excluding carboxylic acids is 2. The quantitative estimate of drug-likeness (QED) is 0.560. The third kappa shape index (κ3) is 5.72. The smallest absolute Gasteiger partial charge is 0.308 e. The van der Waals surface area contributed by atoms with Crippen LogP contribution in [0.25, 0.3) is 10.8 Å². The minimum absolute atomic E-state index is 0.182. The third-order valence-electron chi connectivity index (χ3n) is 5.50. The van der Waals surface area contributed by atoms with E-state index in [-0.39, 0.29) is 30.3 Å². The van der Waals surface area contributed by atoms with E-state index in [1.54, 1.807) is 0 Å². The van der Waals surface area contributed by atoms with E-state index < -0.39 is 5.60 Å². The van der Waals surface area contributed by atoms with Crippen molar-refractivity contribution in [2.45, 2.75) is 70.9 Å². The summed E-state index contributed by atoms with van der Waals surface area (Å²) in [6, 6.07) is 11.2. The van der Waals surface area contributed by atoms with Crippen molar-refractivity contribution >= 4 is 28.3 Å². The van der Waals surface area contributed by atoms with E-state index in [0.717, 1.165) is 36.5 Å². The van der Waals surface area contributed by atoms with Crippen molar-refractivity contribution in [2.75, 3.05) is 5.73 Å². The van der Waals surface area contributed by atoms with Crippen LogP contribution in [0.2, 0.25) is 0 Å². The Kier molecular flexibility index (Phi) is 6.46. The molecule has 156 valence electrons. The molecule has 0 aliphatic heterocycles. The van der Waals surface area contributed by atoms with Crippen LogP contribution >= 0.6 is 0 Å². The maximum atomic E-state index is 13.1. The van der Waals surface area contributed by atoms with Crippen LogP contribution in [-0.4, -0.2) is 23.5 Å². The standard InChI is InChI=1S/C24H32N2O3/c1-24(2,3)29-22(27)15-21(16-9-5-4-6-10-16)26-23(28)19-13-17-11-7-8-12-18(17)14-20(19)25/h7-8,11-14,16,21H,4-6,9-10,15,25H2,1-3H3,(H,26,28)/t21-/m1/s1. The summed E-state index contributed by atoms with van der Waals surface area (Å²) in [4.78, 5) is 25.6. The van der Waals surface area contributed by atoms with Crippen molar-refractivity contribution in [3.63, 3.8) is 0 Å². The van der Waals surface area contributed by atoms with Gasteiger partial charge in [0, 0.05) is 11.7 Å². The Bertz CT molecular complexity index is 879. The number of rotatable bonds is 5. The fraction of sp³-hybridized carbons (Fsp3) is 0.500. The van der Waals surface area contributed by atoms with Crippen molar-refractivity contribution < 1.29 is 14.3 Å². The van der Waals surface area contributed by atoms with Gasteiger partial charge in [-0.2, -0.15) is 0 Å². The van der Waals surface area contributed by atoms with E-state index in [1.165, 1.54) is 6.42 Å². The fourth-order valence-corrected chi connectivity index (χ4v) is 4.14. The lowest BCUT2D eigenvalue weighted by atomic mass is 9.82. The van der Waals surface area contributed by atoms with Crippen LogP contribution in [0.3, 0.4) is 0 Å². The molecular formula is C24H32N2O3. The van der Waals surface area contributed by atoms with Crippen LogP contribution < -0.4 is 11.1 Å². The predicted molar refractivity (Wildman–Crippen MR) is 117 cm³/mol. The highest BCUT2D eigenvalue weighted by atomic mass is 16.6. The molecular weight excluding hydrogens is 364 g/mol. The lowest BCUT2D eigenvalue weighted by Gasteiger charge is -2.31. The monoisotopic (exact) mass is 396 g/mol. The van der Waals surface area contributed by atoms with Gasteiger partial charge in [-0.1, -0.05) is 43.5 Å². The normalized spacial score (nSPS) is 16.4. The van der Waals surface area contributed by atoms with E-state index in [4.69, 9.17) is 10.5 Å². The van der Waals surface area contributed by atoms with Crippen LogP contribution in [-0.2, 0) is 9.53 Å². The Balaban J connectivity index is 1.80. The molecule has 3 rings (SSSR count). The molecule has 29 heavy (non-hydrogen) atoms. The topological polar surface area (TPSA) is 81.4 Å². The summed E-state index contributed by atoms with van der Waals surface area (Å²) in [5.74, 6) is -0.228. The van der Waals surface area contributed by atoms with E-state index in [2.05, 4.69) is 5.32 Å². The second-order valence-corrected chi connectivity index (χ2v) is 9.06. The Morgan fingerprint density at radius 1 is 1.10 bits per heavy atom. The van der Waals surface area contributed by atoms with Crippen molar-refractivity contribution in [1.29, 1.82) is 0 Å². The molecule has 1 saturated carbocycles. The third-order valence-corrected chi connectivity index (χ3v) is 5.50. The molecule has 1 aliphatic carbocycles. The summed E-state index contributed by atoms with van der Waals surface area (Å²) < 4.78 is 5.51. The Morgan fingerprint density at radius 2 is 1.72 bits per heavy atom. The highest BCUT2D eigenvalue weighted by Gasteiger charge is 2.30. The number of fused-ring (bicyclic) bond motifs is 1. The number of hydrogen-bond donors (Lipinski definition) is 2. The van der Waals surface area contributed by atoms with E-state index >= 15 is 0 Å². The molecule has 0 saturated heterocycles. The molecule has 1 aliphatic rings. The Morgan fingerprint density at radius 3 is 2.34 bits per heavy atom. The number of carbonyl (C=O) groups is 2. The number of ether oxygens (including phenoxy) is 1. The zero-order valence-corrected chi connectivity index (χ0v) is 17.7. The first kappa shape index (κ1) is 21.2. The highest BCUT2D eigenvalue weighted by molar-refractivity contribution is 6.04. The Hall–Kier alpha value is -2.56. The number of esters is 1. The second-order valence-electron chi connectivity index (χ2n) is 9.06. The number of benzene rings is 2. The SMILES string of the molecule is CC(C)(C)OC(=O)C[C@@H](NC(=O)c1cc2ccccc2cc1N)C1CCCCC1. The van der Waals surface area contributed by atoms with E-state index in [1.807, 2.05) is 57.2 Å². The van der Waals surface area contributed by atoms with Gasteiger partial charge in [0.1, 0.15) is 5.60 Å². The molecule has 1 amide bonds. The van der Waals surface area contributed by atoms with E-state index in [9.17, 15) is 9.59 Å². The largest absolute Gasteiger partial charge is 0.460 e. The molecule has 2 aromatic carbocycles. The van der Waals surface area contributed by atoms with Gasteiger partial charge >= 0.3 is 5.97 Å². The van der Waals surface area contributed by atoms with Crippen molar-refractivity contribution in [3.05, 3.63) is 42.0 Å². The number of hydrogen-bond acceptors (Lipinski definition) is 4. The summed E-state index contributed by atoms with van der Waals surface area (Å²) in [6.45, 7) is 5.57. The van der Waals surface area contributed by atoms with Crippen molar-refractivity contribution in [1.82, 2.24) is 5.32 Å². The molecule has 3 N–H and O–H groups in total. The number of anilines is 1. The molecule has 5 nitrogen and oxygen atoms in total. The number of nitrogens with two attached hydrogens (primary N) is 1. The van der Waals surface area contributed by atoms with Crippen LogP contribution in [0.5, 0.6) is 0 Å². The van der Waals surface area contributed by atoms with Gasteiger partial charge in [-0.05, 0) is 62.4 Å². The Labute approximate surface area is 173 Å². The van der Waals surface area contributed by atoms with Gasteiger partial charge in [-0.25, -0.2) is 0 Å². The van der Waals surface area contributed by atoms with Crippen molar-refractivity contribution in [2.24, 2.45) is 5.92 Å². The van der Waals surface area contributed by atoms with Crippen LogP contribution in [0.15, 0.2) is 36.4 Å². The van der Waals surface area contributed by atoms with Gasteiger partial charge in [-0.15, -0.1) is 0 Å². The molecule has 5 heteroatoms. The summed E-state index contributed by atoms with van der Waals surface area (Å²) in [6.07, 6.45) is 5.68. The molecule has 0 unspecified atom stereocenters. The second kappa shape index (κ2) is 8.85. The van der Waals surface area contributed by atoms with Gasteiger partial charge in [0.2, 0.25) is 0 Å². The molecule has 0 aromatic heterocycles. The molecule has 2 aromatic rings. The maximum Gasteiger partial charge on any atom is 0.308 e. The minimum Gasteiger partial charge on any atom is -0.460 e. The lowest BCUT2D eigenvalue weighted by Crippen LogP contribution is -2.43. The first-order valence-corrected chi connectivity index (χ1v) is 10.5. The summed E-state index contributed by atoms with van der Waals surface area (Å²) in [7, 11) is 0. The molecule has 1 fully saturated rings. The van der Waals surface area contributed by atoms with Gasteiger partial charge in [0.15, 0.2) is 0 Å².